The Hall–Kier alpha value is -6.74. The Morgan fingerprint density at radius 1 is 0.404 bits per heavy atom. The third-order valence-corrected chi connectivity index (χ3v) is 13.2. The van der Waals surface area contributed by atoms with Gasteiger partial charge in [-0.2, -0.15) is 0 Å². The van der Waals surface area contributed by atoms with Gasteiger partial charge in [-0.15, -0.1) is 11.3 Å². The van der Waals surface area contributed by atoms with Crippen LogP contribution in [-0.4, -0.2) is 0 Å². The first-order valence-electron chi connectivity index (χ1n) is 19.8. The highest BCUT2D eigenvalue weighted by Crippen LogP contribution is 2.53. The highest BCUT2D eigenvalue weighted by atomic mass is 32.1. The number of rotatable bonds is 6. The third-order valence-electron chi connectivity index (χ3n) is 12.0. The molecular formula is C55H39NS. The molecule has 0 saturated carbocycles. The van der Waals surface area contributed by atoms with E-state index in [9.17, 15) is 0 Å². The molecule has 1 heterocycles. The van der Waals surface area contributed by atoms with Gasteiger partial charge in [0.05, 0.1) is 11.4 Å². The first kappa shape index (κ1) is 33.6. The standard InChI is InChI=1S/C55H39NS/c1-55(2)48-22-10-8-18-45(48)46-21-12-20-44(54(46)55)38-28-31-42(32-29-38)56(49-23-13-25-52-53(49)47-19-9-11-24-51(47)57-52)50-35-41(30-33-43(50)37-15-4-3-5-16-37)40-27-26-36-14-6-7-17-39(36)34-40/h3-35H,1-2H3. The Balaban J connectivity index is 1.14. The molecule has 0 bridgehead atoms. The van der Waals surface area contributed by atoms with Crippen LogP contribution in [-0.2, 0) is 5.41 Å². The van der Waals surface area contributed by atoms with Crippen LogP contribution in [0.15, 0.2) is 200 Å². The maximum Gasteiger partial charge on any atom is 0.0555 e. The molecule has 0 aliphatic heterocycles. The van der Waals surface area contributed by atoms with E-state index in [0.29, 0.717) is 0 Å². The molecule has 11 rings (SSSR count). The number of hydrogen-bond acceptors (Lipinski definition) is 2. The van der Waals surface area contributed by atoms with Gasteiger partial charge >= 0.3 is 0 Å². The van der Waals surface area contributed by atoms with Gasteiger partial charge in [0.1, 0.15) is 0 Å². The zero-order valence-electron chi connectivity index (χ0n) is 31.9. The van der Waals surface area contributed by atoms with Crippen molar-refractivity contribution in [3.8, 4) is 44.5 Å². The van der Waals surface area contributed by atoms with Crippen LogP contribution < -0.4 is 4.90 Å². The van der Waals surface area contributed by atoms with Gasteiger partial charge in [-0.1, -0.05) is 172 Å². The zero-order valence-corrected chi connectivity index (χ0v) is 32.7. The van der Waals surface area contributed by atoms with E-state index in [1.165, 1.54) is 92.3 Å². The van der Waals surface area contributed by atoms with E-state index in [4.69, 9.17) is 0 Å². The van der Waals surface area contributed by atoms with Gasteiger partial charge in [-0.3, -0.25) is 0 Å². The summed E-state index contributed by atoms with van der Waals surface area (Å²) in [5.74, 6) is 0. The summed E-state index contributed by atoms with van der Waals surface area (Å²) >= 11 is 1.86. The molecule has 1 nitrogen and oxygen atoms in total. The lowest BCUT2D eigenvalue weighted by Gasteiger charge is -2.30. The second-order valence-corrected chi connectivity index (χ2v) is 16.8. The summed E-state index contributed by atoms with van der Waals surface area (Å²) in [7, 11) is 0. The average Bonchev–Trinajstić information content (AvgIpc) is 3.77. The molecule has 1 aliphatic carbocycles. The summed E-state index contributed by atoms with van der Waals surface area (Å²) in [5.41, 5.74) is 16.1. The molecule has 270 valence electrons. The van der Waals surface area contributed by atoms with Crippen LogP contribution >= 0.6 is 11.3 Å². The predicted octanol–water partition coefficient (Wildman–Crippen LogP) is 16.0. The fourth-order valence-corrected chi connectivity index (χ4v) is 10.5. The maximum absolute atomic E-state index is 2.51. The Kier molecular flexibility index (Phi) is 7.77. The number of anilines is 3. The summed E-state index contributed by atoms with van der Waals surface area (Å²) in [6, 6.07) is 73.9. The SMILES string of the molecule is CC1(C)c2ccccc2-c2cccc(-c3ccc(N(c4cc(-c5ccc6ccccc6c5)ccc4-c4ccccc4)c4cccc5sc6ccccc6c45)cc3)c21. The average molecular weight is 746 g/mol. The second-order valence-electron chi connectivity index (χ2n) is 15.7. The van der Waals surface area contributed by atoms with Gasteiger partial charge < -0.3 is 4.90 Å². The van der Waals surface area contributed by atoms with Crippen molar-refractivity contribution in [1.82, 2.24) is 0 Å². The van der Waals surface area contributed by atoms with Gasteiger partial charge in [-0.05, 0) is 103 Å². The molecule has 0 amide bonds. The van der Waals surface area contributed by atoms with E-state index >= 15 is 0 Å². The van der Waals surface area contributed by atoms with Gasteiger partial charge in [0.25, 0.3) is 0 Å². The molecular weight excluding hydrogens is 707 g/mol. The lowest BCUT2D eigenvalue weighted by Crippen LogP contribution is -2.16. The van der Waals surface area contributed by atoms with Crippen molar-refractivity contribution in [2.45, 2.75) is 19.3 Å². The Morgan fingerprint density at radius 3 is 1.91 bits per heavy atom. The molecule has 1 aromatic heterocycles. The van der Waals surface area contributed by atoms with Crippen LogP contribution in [0.2, 0.25) is 0 Å². The van der Waals surface area contributed by atoms with E-state index in [0.717, 1.165) is 11.4 Å². The predicted molar refractivity (Wildman–Crippen MR) is 245 cm³/mol. The van der Waals surface area contributed by atoms with Gasteiger partial charge in [0.2, 0.25) is 0 Å². The first-order chi connectivity index (χ1) is 28.0. The minimum absolute atomic E-state index is 0.101. The van der Waals surface area contributed by atoms with Crippen molar-refractivity contribution in [3.05, 3.63) is 211 Å². The van der Waals surface area contributed by atoms with Crippen LogP contribution in [0, 0.1) is 0 Å². The van der Waals surface area contributed by atoms with Crippen LogP contribution in [0.5, 0.6) is 0 Å². The monoisotopic (exact) mass is 745 g/mol. The Morgan fingerprint density at radius 2 is 1.04 bits per heavy atom. The lowest BCUT2D eigenvalue weighted by atomic mass is 9.79. The Labute approximate surface area is 337 Å². The summed E-state index contributed by atoms with van der Waals surface area (Å²) < 4.78 is 2.58. The fourth-order valence-electron chi connectivity index (χ4n) is 9.36. The first-order valence-corrected chi connectivity index (χ1v) is 20.6. The molecule has 0 radical (unpaired) electrons. The summed E-state index contributed by atoms with van der Waals surface area (Å²) in [6.45, 7) is 4.74. The lowest BCUT2D eigenvalue weighted by molar-refractivity contribution is 0.662. The number of fused-ring (bicyclic) bond motifs is 7. The van der Waals surface area contributed by atoms with Crippen molar-refractivity contribution in [3.63, 3.8) is 0 Å². The molecule has 9 aromatic carbocycles. The number of hydrogen-bond donors (Lipinski definition) is 0. The summed E-state index contributed by atoms with van der Waals surface area (Å²) in [6.07, 6.45) is 0. The van der Waals surface area contributed by atoms with Crippen LogP contribution in [0.4, 0.5) is 17.1 Å². The molecule has 0 saturated heterocycles. The number of nitrogens with zero attached hydrogens (tertiary/aromatic N) is 1. The smallest absolute Gasteiger partial charge is 0.0555 e. The van der Waals surface area contributed by atoms with E-state index < -0.39 is 0 Å². The highest BCUT2D eigenvalue weighted by Gasteiger charge is 2.37. The summed E-state index contributed by atoms with van der Waals surface area (Å²) in [5, 5.41) is 5.04. The van der Waals surface area contributed by atoms with E-state index in [1.54, 1.807) is 0 Å². The molecule has 57 heavy (non-hydrogen) atoms. The van der Waals surface area contributed by atoms with E-state index in [-0.39, 0.29) is 5.41 Å². The normalized spacial score (nSPS) is 12.9. The van der Waals surface area contributed by atoms with Crippen LogP contribution in [0.25, 0.3) is 75.5 Å². The van der Waals surface area contributed by atoms with Crippen molar-refractivity contribution in [1.29, 1.82) is 0 Å². The van der Waals surface area contributed by atoms with Crippen molar-refractivity contribution in [2.24, 2.45) is 0 Å². The molecule has 2 heteroatoms. The fraction of sp³-hybridized carbons (Fsp3) is 0.0545. The third kappa shape index (κ3) is 5.44. The number of benzene rings is 9. The van der Waals surface area contributed by atoms with E-state index in [1.807, 2.05) is 11.3 Å². The minimum Gasteiger partial charge on any atom is -0.309 e. The molecule has 1 aliphatic rings. The minimum atomic E-state index is -0.101. The van der Waals surface area contributed by atoms with Gasteiger partial charge in [-0.25, -0.2) is 0 Å². The molecule has 0 fully saturated rings. The van der Waals surface area contributed by atoms with Crippen LogP contribution in [0.1, 0.15) is 25.0 Å². The van der Waals surface area contributed by atoms with Gasteiger partial charge in [0.15, 0.2) is 0 Å². The largest absolute Gasteiger partial charge is 0.309 e. The van der Waals surface area contributed by atoms with Gasteiger partial charge in [0, 0.05) is 36.8 Å². The highest BCUT2D eigenvalue weighted by molar-refractivity contribution is 7.26. The van der Waals surface area contributed by atoms with Crippen molar-refractivity contribution in [2.75, 3.05) is 4.90 Å². The molecule has 0 atom stereocenters. The van der Waals surface area contributed by atoms with E-state index in [2.05, 4.69) is 219 Å². The quantitative estimate of drug-likeness (QED) is 0.164. The topological polar surface area (TPSA) is 3.24 Å². The molecule has 0 N–H and O–H groups in total. The molecule has 0 spiro atoms. The maximum atomic E-state index is 2.51. The van der Waals surface area contributed by atoms with Crippen molar-refractivity contribution >= 4 is 59.3 Å². The zero-order chi connectivity index (χ0) is 38.1. The van der Waals surface area contributed by atoms with Crippen molar-refractivity contribution < 1.29 is 0 Å². The van der Waals surface area contributed by atoms with Crippen LogP contribution in [0.3, 0.4) is 0 Å². The molecule has 10 aromatic rings. The molecule has 0 unspecified atom stereocenters. The number of thiophene rings is 1. The second kappa shape index (κ2) is 13.2. The summed E-state index contributed by atoms with van der Waals surface area (Å²) in [4.78, 5) is 2.51. The Bertz CT molecular complexity index is 3150.